The predicted octanol–water partition coefficient (Wildman–Crippen LogP) is 4.79. The summed E-state index contributed by atoms with van der Waals surface area (Å²) >= 11 is 6.99. The fourth-order valence-electron chi connectivity index (χ4n) is 1.99. The lowest BCUT2D eigenvalue weighted by atomic mass is 10.2. The van der Waals surface area contributed by atoms with Crippen LogP contribution in [0.1, 0.15) is 12.5 Å². The number of halogens is 2. The molecule has 2 aromatic rings. The van der Waals surface area contributed by atoms with Gasteiger partial charge in [-0.15, -0.1) is 0 Å². The van der Waals surface area contributed by atoms with Crippen LogP contribution in [-0.2, 0) is 11.3 Å². The molecule has 0 unspecified atom stereocenters. The minimum atomic E-state index is -0.0753. The summed E-state index contributed by atoms with van der Waals surface area (Å²) in [5, 5.41) is 6.08. The molecule has 116 valence electrons. The second-order valence-corrected chi connectivity index (χ2v) is 6.41. The van der Waals surface area contributed by atoms with Crippen LogP contribution >= 0.6 is 31.9 Å². The van der Waals surface area contributed by atoms with Crippen molar-refractivity contribution in [2.75, 3.05) is 17.7 Å². The SMILES string of the molecule is COc1c(Br)cc(CNc2ccc(NC(C)=O)cc2)cc1Br. The number of methoxy groups -OCH3 is 1. The van der Waals surface area contributed by atoms with Gasteiger partial charge in [-0.1, -0.05) is 0 Å². The number of hydrogen-bond donors (Lipinski definition) is 2. The number of ether oxygens (including phenoxy) is 1. The van der Waals surface area contributed by atoms with Crippen LogP contribution in [0.3, 0.4) is 0 Å². The molecule has 0 aliphatic heterocycles. The van der Waals surface area contributed by atoms with Crippen molar-refractivity contribution in [3.05, 3.63) is 50.9 Å². The van der Waals surface area contributed by atoms with Gasteiger partial charge >= 0.3 is 0 Å². The van der Waals surface area contributed by atoms with E-state index in [9.17, 15) is 4.79 Å². The van der Waals surface area contributed by atoms with Crippen LogP contribution in [0, 0.1) is 0 Å². The van der Waals surface area contributed by atoms with E-state index in [1.807, 2.05) is 36.4 Å². The molecule has 2 N–H and O–H groups in total. The van der Waals surface area contributed by atoms with E-state index in [-0.39, 0.29) is 5.91 Å². The second-order valence-electron chi connectivity index (χ2n) is 4.70. The molecular formula is C16H16Br2N2O2. The van der Waals surface area contributed by atoms with E-state index < -0.39 is 0 Å². The molecule has 0 saturated carbocycles. The molecule has 0 spiro atoms. The quantitative estimate of drug-likeness (QED) is 0.721. The first-order valence-corrected chi connectivity index (χ1v) is 8.21. The third kappa shape index (κ3) is 4.48. The summed E-state index contributed by atoms with van der Waals surface area (Å²) in [6.07, 6.45) is 0. The highest BCUT2D eigenvalue weighted by Gasteiger charge is 2.07. The monoisotopic (exact) mass is 426 g/mol. The molecule has 6 heteroatoms. The number of nitrogens with one attached hydrogen (secondary N) is 2. The molecular weight excluding hydrogens is 412 g/mol. The first-order chi connectivity index (χ1) is 10.5. The molecule has 0 aliphatic carbocycles. The van der Waals surface area contributed by atoms with Gasteiger partial charge in [0.2, 0.25) is 5.91 Å². The average molecular weight is 428 g/mol. The van der Waals surface area contributed by atoms with E-state index in [0.29, 0.717) is 6.54 Å². The summed E-state index contributed by atoms with van der Waals surface area (Å²) < 4.78 is 7.10. The molecule has 2 aromatic carbocycles. The molecule has 4 nitrogen and oxygen atoms in total. The Hall–Kier alpha value is -1.53. The zero-order valence-electron chi connectivity index (χ0n) is 12.2. The van der Waals surface area contributed by atoms with Crippen LogP contribution in [0.4, 0.5) is 11.4 Å². The van der Waals surface area contributed by atoms with Crippen LogP contribution in [-0.4, -0.2) is 13.0 Å². The number of benzene rings is 2. The van der Waals surface area contributed by atoms with E-state index in [1.165, 1.54) is 6.92 Å². The topological polar surface area (TPSA) is 50.4 Å². The smallest absolute Gasteiger partial charge is 0.221 e. The lowest BCUT2D eigenvalue weighted by Gasteiger charge is -2.11. The standard InChI is InChI=1S/C16H16Br2N2O2/c1-10(21)20-13-5-3-12(4-6-13)19-9-11-7-14(17)16(22-2)15(18)8-11/h3-8,19H,9H2,1-2H3,(H,20,21). The van der Waals surface area contributed by atoms with E-state index in [2.05, 4.69) is 42.5 Å². The Morgan fingerprint density at radius 2 is 1.64 bits per heavy atom. The van der Waals surface area contributed by atoms with Gasteiger partial charge in [-0.2, -0.15) is 0 Å². The lowest BCUT2D eigenvalue weighted by molar-refractivity contribution is -0.114. The Labute approximate surface area is 146 Å². The molecule has 0 radical (unpaired) electrons. The van der Waals surface area contributed by atoms with Crippen molar-refractivity contribution < 1.29 is 9.53 Å². The Bertz CT molecular complexity index is 649. The molecule has 22 heavy (non-hydrogen) atoms. The maximum Gasteiger partial charge on any atom is 0.221 e. The van der Waals surface area contributed by atoms with E-state index >= 15 is 0 Å². The minimum absolute atomic E-state index is 0.0753. The fourth-order valence-corrected chi connectivity index (χ4v) is 3.59. The highest BCUT2D eigenvalue weighted by molar-refractivity contribution is 9.11. The van der Waals surface area contributed by atoms with Gasteiger partial charge in [0.25, 0.3) is 0 Å². The summed E-state index contributed by atoms with van der Waals surface area (Å²) in [6, 6.07) is 11.6. The molecule has 0 fully saturated rings. The van der Waals surface area contributed by atoms with E-state index in [4.69, 9.17) is 4.74 Å². The maximum absolute atomic E-state index is 11.0. The molecule has 0 bridgehead atoms. The van der Waals surface area contributed by atoms with Crippen molar-refractivity contribution in [3.63, 3.8) is 0 Å². The van der Waals surface area contributed by atoms with Crippen molar-refractivity contribution in [2.24, 2.45) is 0 Å². The molecule has 0 atom stereocenters. The summed E-state index contributed by atoms with van der Waals surface area (Å²) in [4.78, 5) is 11.0. The number of rotatable bonds is 5. The van der Waals surface area contributed by atoms with Gasteiger partial charge in [-0.3, -0.25) is 4.79 Å². The van der Waals surface area contributed by atoms with Crippen LogP contribution < -0.4 is 15.4 Å². The molecule has 0 aromatic heterocycles. The summed E-state index contributed by atoms with van der Waals surface area (Å²) in [7, 11) is 1.64. The van der Waals surface area contributed by atoms with Crippen LogP contribution in [0.15, 0.2) is 45.3 Å². The molecule has 0 heterocycles. The van der Waals surface area contributed by atoms with Gasteiger partial charge in [0.05, 0.1) is 16.1 Å². The largest absolute Gasteiger partial charge is 0.494 e. The van der Waals surface area contributed by atoms with Crippen molar-refractivity contribution in [2.45, 2.75) is 13.5 Å². The van der Waals surface area contributed by atoms with E-state index in [1.54, 1.807) is 7.11 Å². The molecule has 1 amide bonds. The third-order valence-corrected chi connectivity index (χ3v) is 4.14. The minimum Gasteiger partial charge on any atom is -0.494 e. The number of carbonyl (C=O) groups excluding carboxylic acids is 1. The summed E-state index contributed by atoms with van der Waals surface area (Å²) in [5.74, 6) is 0.706. The molecule has 0 saturated heterocycles. The average Bonchev–Trinajstić information content (AvgIpc) is 2.46. The summed E-state index contributed by atoms with van der Waals surface area (Å²) in [6.45, 7) is 2.17. The third-order valence-electron chi connectivity index (χ3n) is 2.96. The first kappa shape index (κ1) is 16.8. The van der Waals surface area contributed by atoms with Gasteiger partial charge in [0, 0.05) is 24.8 Å². The highest BCUT2D eigenvalue weighted by atomic mass is 79.9. The van der Waals surface area contributed by atoms with Gasteiger partial charge in [-0.25, -0.2) is 0 Å². The highest BCUT2D eigenvalue weighted by Crippen LogP contribution is 2.34. The lowest BCUT2D eigenvalue weighted by Crippen LogP contribution is -2.05. The molecule has 0 aliphatic rings. The van der Waals surface area contributed by atoms with Crippen molar-refractivity contribution >= 4 is 49.1 Å². The number of anilines is 2. The van der Waals surface area contributed by atoms with Crippen LogP contribution in [0.25, 0.3) is 0 Å². The normalized spacial score (nSPS) is 10.2. The Kier molecular flexibility index (Phi) is 5.85. The maximum atomic E-state index is 11.0. The first-order valence-electron chi connectivity index (χ1n) is 6.63. The Balaban J connectivity index is 2.02. The van der Waals surface area contributed by atoms with Gasteiger partial charge in [0.15, 0.2) is 0 Å². The van der Waals surface area contributed by atoms with Crippen molar-refractivity contribution in [1.29, 1.82) is 0 Å². The zero-order chi connectivity index (χ0) is 16.1. The van der Waals surface area contributed by atoms with E-state index in [0.717, 1.165) is 31.6 Å². The Morgan fingerprint density at radius 1 is 1.09 bits per heavy atom. The van der Waals surface area contributed by atoms with Gasteiger partial charge in [0.1, 0.15) is 5.75 Å². The Morgan fingerprint density at radius 3 is 2.14 bits per heavy atom. The second kappa shape index (κ2) is 7.65. The number of carbonyl (C=O) groups is 1. The summed E-state index contributed by atoms with van der Waals surface area (Å²) in [5.41, 5.74) is 2.88. The fraction of sp³-hybridized carbons (Fsp3) is 0.188. The zero-order valence-corrected chi connectivity index (χ0v) is 15.4. The number of hydrogen-bond acceptors (Lipinski definition) is 3. The van der Waals surface area contributed by atoms with Gasteiger partial charge < -0.3 is 15.4 Å². The van der Waals surface area contributed by atoms with Crippen molar-refractivity contribution in [3.8, 4) is 5.75 Å². The predicted molar refractivity (Wildman–Crippen MR) is 96.5 cm³/mol. The van der Waals surface area contributed by atoms with Crippen LogP contribution in [0.5, 0.6) is 5.75 Å². The van der Waals surface area contributed by atoms with Crippen LogP contribution in [0.2, 0.25) is 0 Å². The number of amides is 1. The molecule has 2 rings (SSSR count). The van der Waals surface area contributed by atoms with Crippen molar-refractivity contribution in [1.82, 2.24) is 0 Å². The van der Waals surface area contributed by atoms with Gasteiger partial charge in [-0.05, 0) is 73.8 Å².